The molecule has 1 aliphatic heterocycles. The zero-order valence-corrected chi connectivity index (χ0v) is 15.5. The normalized spacial score (nSPS) is 58.2. The van der Waals surface area contributed by atoms with E-state index in [4.69, 9.17) is 4.74 Å². The number of allylic oxidation sites excluding steroid dienone is 2. The lowest BCUT2D eigenvalue weighted by atomic mass is 9.50. The van der Waals surface area contributed by atoms with Gasteiger partial charge in [0.2, 0.25) is 0 Å². The number of hydrogen-bond donors (Lipinski definition) is 2. The molecule has 0 aromatic heterocycles. The fourth-order valence-electron chi connectivity index (χ4n) is 8.13. The largest absolute Gasteiger partial charge is 0.411 e. The Morgan fingerprint density at radius 2 is 2.04 bits per heavy atom. The van der Waals surface area contributed by atoms with Crippen LogP contribution in [0.3, 0.4) is 0 Å². The first-order valence-electron chi connectivity index (χ1n) is 10.5. The van der Waals surface area contributed by atoms with Gasteiger partial charge in [0.15, 0.2) is 6.29 Å². The molecule has 4 fully saturated rings. The molecule has 2 N–H and O–H groups in total. The summed E-state index contributed by atoms with van der Waals surface area (Å²) >= 11 is 0. The Balaban J connectivity index is 1.36. The molecular formula is C22H29NO3. The van der Waals surface area contributed by atoms with E-state index in [1.165, 1.54) is 32.1 Å². The lowest BCUT2D eigenvalue weighted by Gasteiger charge is -2.55. The van der Waals surface area contributed by atoms with Crippen molar-refractivity contribution in [1.82, 2.24) is 0 Å². The topological polar surface area (TPSA) is 62.0 Å². The third-order valence-electron chi connectivity index (χ3n) is 9.31. The van der Waals surface area contributed by atoms with Crippen LogP contribution in [-0.4, -0.2) is 27.9 Å². The summed E-state index contributed by atoms with van der Waals surface area (Å²) in [6.45, 7) is 2.45. The van der Waals surface area contributed by atoms with Gasteiger partial charge < -0.3 is 15.1 Å². The van der Waals surface area contributed by atoms with Crippen LogP contribution in [0.4, 0.5) is 0 Å². The smallest absolute Gasteiger partial charge is 0.175 e. The number of aliphatic hydroxyl groups is 1. The molecule has 5 aliphatic carbocycles. The van der Waals surface area contributed by atoms with Crippen molar-refractivity contribution in [2.45, 2.75) is 63.8 Å². The highest BCUT2D eigenvalue weighted by atomic mass is 16.6. The molecule has 6 aliphatic rings. The molecule has 0 aromatic rings. The summed E-state index contributed by atoms with van der Waals surface area (Å²) in [7, 11) is 0. The lowest BCUT2D eigenvalue weighted by molar-refractivity contribution is -0.181. The number of aliphatic hydroxyl groups excluding tert-OH is 1. The quantitative estimate of drug-likeness (QED) is 0.394. The summed E-state index contributed by atoms with van der Waals surface area (Å²) in [4.78, 5) is 0. The van der Waals surface area contributed by atoms with E-state index in [1.54, 1.807) is 5.57 Å². The Hall–Kier alpha value is -1.13. The van der Waals surface area contributed by atoms with E-state index in [0.29, 0.717) is 5.92 Å². The molecule has 4 unspecified atom stereocenters. The molecule has 6 rings (SSSR count). The molecule has 0 aromatic carbocycles. The van der Waals surface area contributed by atoms with Crippen molar-refractivity contribution in [3.63, 3.8) is 0 Å². The van der Waals surface area contributed by atoms with Crippen molar-refractivity contribution in [2.75, 3.05) is 0 Å². The Labute approximate surface area is 155 Å². The molecule has 4 heteroatoms. The molecule has 140 valence electrons. The van der Waals surface area contributed by atoms with Crippen LogP contribution in [0.5, 0.6) is 0 Å². The average Bonchev–Trinajstić information content (AvgIpc) is 3.29. The molecule has 0 radical (unpaired) electrons. The molecule has 0 amide bonds. The second kappa shape index (κ2) is 5.02. The van der Waals surface area contributed by atoms with E-state index in [9.17, 15) is 10.3 Å². The van der Waals surface area contributed by atoms with Crippen LogP contribution in [0, 0.1) is 40.9 Å². The summed E-state index contributed by atoms with van der Waals surface area (Å²) in [5.41, 5.74) is 2.44. The van der Waals surface area contributed by atoms with E-state index in [-0.39, 0.29) is 11.0 Å². The zero-order chi connectivity index (χ0) is 17.7. The van der Waals surface area contributed by atoms with Gasteiger partial charge in [-0.05, 0) is 92.6 Å². The van der Waals surface area contributed by atoms with Crippen molar-refractivity contribution in [3.8, 4) is 0 Å². The Bertz CT molecular complexity index is 742. The number of oxime groups is 1. The summed E-state index contributed by atoms with van der Waals surface area (Å²) in [6, 6.07) is 0. The van der Waals surface area contributed by atoms with Gasteiger partial charge in [-0.15, -0.1) is 0 Å². The van der Waals surface area contributed by atoms with Crippen LogP contribution >= 0.6 is 0 Å². The molecule has 9 atom stereocenters. The molecular weight excluding hydrogens is 326 g/mol. The van der Waals surface area contributed by atoms with Crippen LogP contribution in [0.15, 0.2) is 29.0 Å². The molecule has 1 spiro atoms. The maximum Gasteiger partial charge on any atom is 0.175 e. The maximum atomic E-state index is 10.0. The van der Waals surface area contributed by atoms with E-state index < -0.39 is 6.29 Å². The van der Waals surface area contributed by atoms with Crippen LogP contribution in [0.2, 0.25) is 0 Å². The van der Waals surface area contributed by atoms with Gasteiger partial charge in [0, 0.05) is 5.41 Å². The third-order valence-corrected chi connectivity index (χ3v) is 9.31. The first-order valence-corrected chi connectivity index (χ1v) is 10.5. The van der Waals surface area contributed by atoms with Crippen molar-refractivity contribution < 1.29 is 15.1 Å². The summed E-state index contributed by atoms with van der Waals surface area (Å²) in [6.07, 6.45) is 13.8. The van der Waals surface area contributed by atoms with Gasteiger partial charge in [-0.3, -0.25) is 0 Å². The first kappa shape index (κ1) is 15.9. The predicted octanol–water partition coefficient (Wildman–Crippen LogP) is 3.89. The number of nitrogens with zero attached hydrogens (tertiary/aromatic N) is 1. The van der Waals surface area contributed by atoms with Crippen molar-refractivity contribution in [3.05, 3.63) is 23.8 Å². The van der Waals surface area contributed by atoms with Gasteiger partial charge in [-0.25, -0.2) is 0 Å². The minimum Gasteiger partial charge on any atom is -0.411 e. The second-order valence-electron chi connectivity index (χ2n) is 9.99. The minimum absolute atomic E-state index is 0.170. The van der Waals surface area contributed by atoms with Crippen LogP contribution in [0.25, 0.3) is 0 Å². The Kier molecular flexibility index (Phi) is 3.07. The lowest BCUT2D eigenvalue weighted by Crippen LogP contribution is -2.53. The van der Waals surface area contributed by atoms with E-state index in [1.807, 2.05) is 6.08 Å². The van der Waals surface area contributed by atoms with E-state index >= 15 is 0 Å². The van der Waals surface area contributed by atoms with Gasteiger partial charge in [0.1, 0.15) is 0 Å². The van der Waals surface area contributed by atoms with Crippen LogP contribution < -0.4 is 0 Å². The standard InChI is InChI=1S/C22H29NO3/c1-21-7-4-14-13-3-2-12(23-25)10-15(13)16-11-17(16)20(14)18(21)5-8-22(21)9-6-19(24)26-22/h6,9-10,13-14,16-20,24-25H,2-5,7-8,11H2,1H3/b23-12+/t13-,14?,16+,17+,18?,19?,20?,21+,22-/m1/s1. The summed E-state index contributed by atoms with van der Waals surface area (Å²) in [5, 5.41) is 22.7. The van der Waals surface area contributed by atoms with Crippen molar-refractivity contribution >= 4 is 5.71 Å². The van der Waals surface area contributed by atoms with E-state index in [0.717, 1.165) is 48.1 Å². The number of fused-ring (bicyclic) bond motifs is 9. The fourth-order valence-corrected chi connectivity index (χ4v) is 8.13. The highest BCUT2D eigenvalue weighted by molar-refractivity contribution is 5.96. The fraction of sp³-hybridized carbons (Fsp3) is 0.773. The number of rotatable bonds is 0. The third kappa shape index (κ3) is 1.80. The molecule has 0 bridgehead atoms. The molecule has 1 heterocycles. The summed E-state index contributed by atoms with van der Waals surface area (Å²) in [5.74, 6) is 4.62. The molecule has 4 saturated carbocycles. The minimum atomic E-state index is -0.715. The van der Waals surface area contributed by atoms with Gasteiger partial charge in [-0.1, -0.05) is 23.7 Å². The monoisotopic (exact) mass is 355 g/mol. The SMILES string of the molecule is C[C@]12CCC3C(C1CC[C@@]21C=CC(O)O1)[C@H]1C[C@H]1C1=C/C(=N/O)CC[C@@H]13. The number of hydrogen-bond acceptors (Lipinski definition) is 4. The van der Waals surface area contributed by atoms with Gasteiger partial charge in [0.25, 0.3) is 0 Å². The Morgan fingerprint density at radius 3 is 2.81 bits per heavy atom. The van der Waals surface area contributed by atoms with Gasteiger partial charge in [0.05, 0.1) is 11.3 Å². The first-order chi connectivity index (χ1) is 12.6. The van der Waals surface area contributed by atoms with Gasteiger partial charge >= 0.3 is 0 Å². The zero-order valence-electron chi connectivity index (χ0n) is 15.5. The highest BCUT2D eigenvalue weighted by Gasteiger charge is 2.68. The van der Waals surface area contributed by atoms with Crippen molar-refractivity contribution in [2.24, 2.45) is 46.1 Å². The predicted molar refractivity (Wildman–Crippen MR) is 97.6 cm³/mol. The maximum absolute atomic E-state index is 10.0. The Morgan fingerprint density at radius 1 is 1.15 bits per heavy atom. The molecule has 0 saturated heterocycles. The highest BCUT2D eigenvalue weighted by Crippen LogP contribution is 2.72. The second-order valence-corrected chi connectivity index (χ2v) is 9.99. The summed E-state index contributed by atoms with van der Waals surface area (Å²) < 4.78 is 6.14. The average molecular weight is 355 g/mol. The van der Waals surface area contributed by atoms with E-state index in [2.05, 4.69) is 24.2 Å². The molecule has 4 nitrogen and oxygen atoms in total. The number of ether oxygens (including phenoxy) is 1. The molecule has 26 heavy (non-hydrogen) atoms. The van der Waals surface area contributed by atoms with Crippen molar-refractivity contribution in [1.29, 1.82) is 0 Å². The van der Waals surface area contributed by atoms with Crippen LogP contribution in [0.1, 0.15) is 51.9 Å². The van der Waals surface area contributed by atoms with Crippen LogP contribution in [-0.2, 0) is 4.74 Å². The van der Waals surface area contributed by atoms with Gasteiger partial charge in [-0.2, -0.15) is 0 Å².